The number of aromatic nitrogens is 1. The van der Waals surface area contributed by atoms with Crippen LogP contribution in [-0.4, -0.2) is 29.9 Å². The number of primary amides is 1. The van der Waals surface area contributed by atoms with Gasteiger partial charge in [-0.3, -0.25) is 9.59 Å². The third-order valence-corrected chi connectivity index (χ3v) is 2.30. The molecule has 92 valence electrons. The summed E-state index contributed by atoms with van der Waals surface area (Å²) >= 11 is 3.23. The lowest BCUT2D eigenvalue weighted by molar-refractivity contribution is -0.117. The number of pyridine rings is 1. The molecule has 4 N–H and O–H groups in total. The van der Waals surface area contributed by atoms with E-state index in [0.717, 1.165) is 0 Å². The average molecular weight is 301 g/mol. The van der Waals surface area contributed by atoms with E-state index in [0.29, 0.717) is 22.4 Å². The van der Waals surface area contributed by atoms with Crippen molar-refractivity contribution in [1.82, 2.24) is 10.3 Å². The molecule has 1 rings (SSSR count). The zero-order valence-electron chi connectivity index (χ0n) is 9.29. The number of amides is 2. The van der Waals surface area contributed by atoms with Crippen LogP contribution in [0.3, 0.4) is 0 Å². The Kier molecular flexibility index (Phi) is 4.89. The van der Waals surface area contributed by atoms with Gasteiger partial charge in [0.25, 0.3) is 5.91 Å². The van der Waals surface area contributed by atoms with Gasteiger partial charge in [0.15, 0.2) is 0 Å². The number of rotatable bonds is 5. The average Bonchev–Trinajstić information content (AvgIpc) is 2.28. The monoisotopic (exact) mass is 300 g/mol. The van der Waals surface area contributed by atoms with Crippen LogP contribution in [0.4, 0.5) is 5.82 Å². The minimum absolute atomic E-state index is 0.198. The largest absolute Gasteiger partial charge is 0.370 e. The fraction of sp³-hybridized carbons (Fsp3) is 0.300. The highest BCUT2D eigenvalue weighted by atomic mass is 79.9. The van der Waals surface area contributed by atoms with E-state index in [-0.39, 0.29) is 6.54 Å². The van der Waals surface area contributed by atoms with Gasteiger partial charge in [-0.15, -0.1) is 0 Å². The quantitative estimate of drug-likeness (QED) is 0.737. The van der Waals surface area contributed by atoms with E-state index in [2.05, 4.69) is 31.5 Å². The lowest BCUT2D eigenvalue weighted by Crippen LogP contribution is -2.33. The molecule has 0 radical (unpaired) electrons. The van der Waals surface area contributed by atoms with Crippen LogP contribution in [0, 0.1) is 0 Å². The van der Waals surface area contributed by atoms with Crippen LogP contribution in [-0.2, 0) is 4.79 Å². The van der Waals surface area contributed by atoms with Crippen molar-refractivity contribution in [3.05, 3.63) is 22.3 Å². The standard InChI is InChI=1S/C10H13BrN4O2/c1-2-13-9-7(3-6(11)4-14-9)10(17)15-5-8(12)16/h3-4H,2,5H2,1H3,(H2,12,16)(H,13,14)(H,15,17). The summed E-state index contributed by atoms with van der Waals surface area (Å²) in [7, 11) is 0. The third kappa shape index (κ3) is 4.03. The smallest absolute Gasteiger partial charge is 0.255 e. The van der Waals surface area contributed by atoms with Crippen molar-refractivity contribution in [2.45, 2.75) is 6.92 Å². The lowest BCUT2D eigenvalue weighted by Gasteiger charge is -2.09. The van der Waals surface area contributed by atoms with E-state index < -0.39 is 11.8 Å². The van der Waals surface area contributed by atoms with Gasteiger partial charge in [0.1, 0.15) is 5.82 Å². The summed E-state index contributed by atoms with van der Waals surface area (Å²) in [5.41, 5.74) is 5.31. The molecule has 1 aromatic heterocycles. The van der Waals surface area contributed by atoms with Crippen molar-refractivity contribution in [3.63, 3.8) is 0 Å². The topological polar surface area (TPSA) is 97.1 Å². The molecule has 0 aliphatic heterocycles. The zero-order valence-corrected chi connectivity index (χ0v) is 10.9. The molecule has 7 heteroatoms. The number of hydrogen-bond acceptors (Lipinski definition) is 4. The summed E-state index contributed by atoms with van der Waals surface area (Å²) in [4.78, 5) is 26.4. The minimum Gasteiger partial charge on any atom is -0.370 e. The molecular weight excluding hydrogens is 288 g/mol. The Hall–Kier alpha value is -1.63. The number of carbonyl (C=O) groups is 2. The molecule has 1 aromatic rings. The van der Waals surface area contributed by atoms with Crippen LogP contribution in [0.2, 0.25) is 0 Å². The lowest BCUT2D eigenvalue weighted by atomic mass is 10.2. The first kappa shape index (κ1) is 13.4. The Bertz CT molecular complexity index is 436. The van der Waals surface area contributed by atoms with Crippen LogP contribution in [0.15, 0.2) is 16.7 Å². The number of carbonyl (C=O) groups excluding carboxylic acids is 2. The molecule has 0 spiro atoms. The highest BCUT2D eigenvalue weighted by Gasteiger charge is 2.13. The number of halogens is 1. The van der Waals surface area contributed by atoms with Crippen molar-refractivity contribution in [2.24, 2.45) is 5.73 Å². The summed E-state index contributed by atoms with van der Waals surface area (Å²) < 4.78 is 0.684. The van der Waals surface area contributed by atoms with E-state index >= 15 is 0 Å². The van der Waals surface area contributed by atoms with Crippen molar-refractivity contribution in [1.29, 1.82) is 0 Å². The van der Waals surface area contributed by atoms with Crippen molar-refractivity contribution < 1.29 is 9.59 Å². The van der Waals surface area contributed by atoms with Crippen molar-refractivity contribution >= 4 is 33.6 Å². The van der Waals surface area contributed by atoms with Crippen LogP contribution < -0.4 is 16.4 Å². The van der Waals surface area contributed by atoms with Gasteiger partial charge in [-0.1, -0.05) is 0 Å². The number of nitrogens with one attached hydrogen (secondary N) is 2. The minimum atomic E-state index is -0.591. The van der Waals surface area contributed by atoms with E-state index in [1.54, 1.807) is 12.3 Å². The summed E-state index contributed by atoms with van der Waals surface area (Å²) in [5.74, 6) is -0.516. The van der Waals surface area contributed by atoms with E-state index in [1.807, 2.05) is 6.92 Å². The zero-order chi connectivity index (χ0) is 12.8. The maximum Gasteiger partial charge on any atom is 0.255 e. The summed E-state index contributed by atoms with van der Waals surface area (Å²) in [6, 6.07) is 1.63. The van der Waals surface area contributed by atoms with Gasteiger partial charge in [-0.05, 0) is 28.9 Å². The maximum atomic E-state index is 11.8. The predicted octanol–water partition coefficient (Wildman–Crippen LogP) is 0.491. The molecule has 0 fully saturated rings. The highest BCUT2D eigenvalue weighted by molar-refractivity contribution is 9.10. The number of nitrogens with zero attached hydrogens (tertiary/aromatic N) is 1. The van der Waals surface area contributed by atoms with Gasteiger partial charge in [-0.25, -0.2) is 4.98 Å². The molecule has 0 unspecified atom stereocenters. The first-order chi connectivity index (χ1) is 8.04. The third-order valence-electron chi connectivity index (χ3n) is 1.87. The fourth-order valence-corrected chi connectivity index (χ4v) is 1.51. The molecule has 0 saturated carbocycles. The summed E-state index contributed by atoms with van der Waals surface area (Å²) in [6.07, 6.45) is 1.59. The van der Waals surface area contributed by atoms with Crippen LogP contribution in [0.5, 0.6) is 0 Å². The van der Waals surface area contributed by atoms with Crippen LogP contribution in [0.25, 0.3) is 0 Å². The molecule has 0 bridgehead atoms. The van der Waals surface area contributed by atoms with Crippen molar-refractivity contribution in [2.75, 3.05) is 18.4 Å². The Labute approximate surface area is 107 Å². The predicted molar refractivity (Wildman–Crippen MR) is 67.6 cm³/mol. The SMILES string of the molecule is CCNc1ncc(Br)cc1C(=O)NCC(N)=O. The van der Waals surface area contributed by atoms with Gasteiger partial charge in [0.2, 0.25) is 5.91 Å². The van der Waals surface area contributed by atoms with Crippen LogP contribution in [0.1, 0.15) is 17.3 Å². The van der Waals surface area contributed by atoms with Gasteiger partial charge < -0.3 is 16.4 Å². The normalized spacial score (nSPS) is 9.76. The van der Waals surface area contributed by atoms with Crippen molar-refractivity contribution in [3.8, 4) is 0 Å². The van der Waals surface area contributed by atoms with E-state index in [9.17, 15) is 9.59 Å². The van der Waals surface area contributed by atoms with Gasteiger partial charge in [0, 0.05) is 17.2 Å². The maximum absolute atomic E-state index is 11.8. The number of anilines is 1. The van der Waals surface area contributed by atoms with E-state index in [1.165, 1.54) is 0 Å². The van der Waals surface area contributed by atoms with Gasteiger partial charge in [-0.2, -0.15) is 0 Å². The molecule has 0 atom stereocenters. The highest BCUT2D eigenvalue weighted by Crippen LogP contribution is 2.17. The van der Waals surface area contributed by atoms with E-state index in [4.69, 9.17) is 5.73 Å². The molecule has 0 aromatic carbocycles. The van der Waals surface area contributed by atoms with Gasteiger partial charge >= 0.3 is 0 Å². The Morgan fingerprint density at radius 1 is 1.53 bits per heavy atom. The second-order valence-corrected chi connectivity index (χ2v) is 4.14. The Morgan fingerprint density at radius 3 is 2.82 bits per heavy atom. The molecule has 6 nitrogen and oxygen atoms in total. The molecule has 1 heterocycles. The molecule has 0 aliphatic rings. The fourth-order valence-electron chi connectivity index (χ4n) is 1.18. The Balaban J connectivity index is 2.89. The first-order valence-corrected chi connectivity index (χ1v) is 5.79. The molecule has 0 aliphatic carbocycles. The molecule has 0 saturated heterocycles. The molecular formula is C10H13BrN4O2. The van der Waals surface area contributed by atoms with Gasteiger partial charge in [0.05, 0.1) is 12.1 Å². The second-order valence-electron chi connectivity index (χ2n) is 3.23. The van der Waals surface area contributed by atoms with Crippen LogP contribution >= 0.6 is 15.9 Å². The Morgan fingerprint density at radius 2 is 2.24 bits per heavy atom. The molecule has 17 heavy (non-hydrogen) atoms. The molecule has 2 amide bonds. The number of nitrogens with two attached hydrogens (primary N) is 1. The second kappa shape index (κ2) is 6.19. The first-order valence-electron chi connectivity index (χ1n) is 5.00. The summed E-state index contributed by atoms with van der Waals surface area (Å²) in [5, 5.41) is 5.37. The summed E-state index contributed by atoms with van der Waals surface area (Å²) in [6.45, 7) is 2.34. The number of hydrogen-bond donors (Lipinski definition) is 3.